The molecule has 4 heteroatoms. The second-order valence-electron chi connectivity index (χ2n) is 11.6. The fourth-order valence-electron chi connectivity index (χ4n) is 4.83. The van der Waals surface area contributed by atoms with Gasteiger partial charge in [-0.25, -0.2) is 0 Å². The molecule has 0 bridgehead atoms. The van der Waals surface area contributed by atoms with Gasteiger partial charge in [0.15, 0.2) is 0 Å². The molecular weight excluding hydrogens is 470 g/mol. The number of quaternary nitrogens is 1. The first-order chi connectivity index (χ1) is 18.4. The van der Waals surface area contributed by atoms with Crippen molar-refractivity contribution in [3.8, 4) is 5.75 Å². The number of aryl methyl sites for hydroxylation is 1. The van der Waals surface area contributed by atoms with Crippen LogP contribution in [0.2, 0.25) is 0 Å². The van der Waals surface area contributed by atoms with Gasteiger partial charge >= 0.3 is 5.97 Å². The number of benzene rings is 2. The molecule has 0 fully saturated rings. The summed E-state index contributed by atoms with van der Waals surface area (Å²) in [5, 5.41) is 0. The number of carbonyl (C=O) groups is 1. The average Bonchev–Trinajstić information content (AvgIpc) is 2.91. The van der Waals surface area contributed by atoms with Crippen LogP contribution in [0.3, 0.4) is 0 Å². The molecule has 212 valence electrons. The number of rotatable bonds is 21. The van der Waals surface area contributed by atoms with E-state index in [1.807, 2.05) is 25.1 Å². The van der Waals surface area contributed by atoms with Crippen molar-refractivity contribution in [3.05, 3.63) is 65.7 Å². The summed E-state index contributed by atoms with van der Waals surface area (Å²) in [6.45, 7) is 6.77. The quantitative estimate of drug-likeness (QED) is 0.0934. The van der Waals surface area contributed by atoms with E-state index in [0.717, 1.165) is 36.2 Å². The van der Waals surface area contributed by atoms with Crippen LogP contribution in [0.15, 0.2) is 54.6 Å². The highest BCUT2D eigenvalue weighted by Crippen LogP contribution is 2.17. The third kappa shape index (κ3) is 14.6. The molecule has 0 aliphatic carbocycles. The molecule has 0 heterocycles. The van der Waals surface area contributed by atoms with Crippen molar-refractivity contribution < 1.29 is 18.8 Å². The molecule has 0 aliphatic rings. The molecule has 38 heavy (non-hydrogen) atoms. The van der Waals surface area contributed by atoms with Crippen LogP contribution >= 0.6 is 0 Å². The highest BCUT2D eigenvalue weighted by atomic mass is 16.6. The minimum absolute atomic E-state index is 0.117. The van der Waals surface area contributed by atoms with Gasteiger partial charge in [-0.05, 0) is 30.5 Å². The van der Waals surface area contributed by atoms with E-state index in [0.29, 0.717) is 6.61 Å². The van der Waals surface area contributed by atoms with Crippen molar-refractivity contribution in [2.75, 3.05) is 33.9 Å². The normalized spacial score (nSPS) is 12.3. The lowest BCUT2D eigenvalue weighted by molar-refractivity contribution is -0.904. The molecule has 2 aromatic rings. The van der Waals surface area contributed by atoms with E-state index in [1.54, 1.807) is 0 Å². The van der Waals surface area contributed by atoms with E-state index in [1.165, 1.54) is 75.3 Å². The molecule has 0 aliphatic heterocycles. The van der Waals surface area contributed by atoms with Crippen molar-refractivity contribution in [2.24, 2.45) is 5.92 Å². The molecule has 0 amide bonds. The fourth-order valence-corrected chi connectivity index (χ4v) is 4.83. The van der Waals surface area contributed by atoms with E-state index in [-0.39, 0.29) is 18.5 Å². The van der Waals surface area contributed by atoms with Crippen LogP contribution in [0, 0.1) is 5.92 Å². The van der Waals surface area contributed by atoms with Gasteiger partial charge in [0.1, 0.15) is 25.5 Å². The van der Waals surface area contributed by atoms with E-state index in [4.69, 9.17) is 9.47 Å². The number of nitrogens with zero attached hydrogens (tertiary/aromatic N) is 1. The SMILES string of the molecule is CCCCCCCCCCCCc1ccc(OCCOC(=O)C(C)CC[N+](C)(C)Cc2ccccc2)cc1. The maximum atomic E-state index is 12.4. The summed E-state index contributed by atoms with van der Waals surface area (Å²) in [4.78, 5) is 12.4. The summed E-state index contributed by atoms with van der Waals surface area (Å²) in [6, 6.07) is 18.9. The number of unbranched alkanes of at least 4 members (excludes halogenated alkanes) is 9. The van der Waals surface area contributed by atoms with Crippen molar-refractivity contribution in [3.63, 3.8) is 0 Å². The zero-order chi connectivity index (χ0) is 27.5. The molecule has 0 N–H and O–H groups in total. The lowest BCUT2D eigenvalue weighted by Crippen LogP contribution is -2.40. The Labute approximate surface area is 233 Å². The van der Waals surface area contributed by atoms with Crippen molar-refractivity contribution in [1.82, 2.24) is 0 Å². The highest BCUT2D eigenvalue weighted by Gasteiger charge is 2.21. The van der Waals surface area contributed by atoms with Crippen LogP contribution < -0.4 is 4.74 Å². The number of esters is 1. The molecular formula is C34H54NO3+. The third-order valence-corrected chi connectivity index (χ3v) is 7.36. The van der Waals surface area contributed by atoms with Crippen LogP contribution in [0.5, 0.6) is 5.75 Å². The van der Waals surface area contributed by atoms with E-state index < -0.39 is 0 Å². The number of ether oxygens (including phenoxy) is 2. The molecule has 2 aromatic carbocycles. The predicted molar refractivity (Wildman–Crippen MR) is 159 cm³/mol. The summed E-state index contributed by atoms with van der Waals surface area (Å²) in [7, 11) is 4.42. The van der Waals surface area contributed by atoms with Gasteiger partial charge in [-0.1, -0.05) is 114 Å². The standard InChI is InChI=1S/C34H54NO3/c1-5-6-7-8-9-10-11-12-13-15-18-31-21-23-33(24-22-31)37-27-28-38-34(36)30(2)25-26-35(3,4)29-32-19-16-14-17-20-32/h14,16-17,19-24,30H,5-13,15,18,25-29H2,1-4H3/q+1. The summed E-state index contributed by atoms with van der Waals surface area (Å²) < 4.78 is 12.1. The van der Waals surface area contributed by atoms with Crippen molar-refractivity contribution in [2.45, 2.75) is 97.4 Å². The summed E-state index contributed by atoms with van der Waals surface area (Å²) >= 11 is 0. The molecule has 0 spiro atoms. The average molecular weight is 525 g/mol. The zero-order valence-corrected chi connectivity index (χ0v) is 24.8. The monoisotopic (exact) mass is 524 g/mol. The number of carbonyl (C=O) groups excluding carboxylic acids is 1. The second-order valence-corrected chi connectivity index (χ2v) is 11.6. The second kappa shape index (κ2) is 18.8. The van der Waals surface area contributed by atoms with Gasteiger partial charge in [-0.15, -0.1) is 0 Å². The minimum atomic E-state index is -0.139. The van der Waals surface area contributed by atoms with Crippen LogP contribution in [-0.2, 0) is 22.5 Å². The smallest absolute Gasteiger partial charge is 0.308 e. The molecule has 0 saturated carbocycles. The minimum Gasteiger partial charge on any atom is -0.490 e. The Balaban J connectivity index is 1.52. The topological polar surface area (TPSA) is 35.5 Å². The third-order valence-electron chi connectivity index (χ3n) is 7.36. The Morgan fingerprint density at radius 2 is 1.37 bits per heavy atom. The molecule has 0 radical (unpaired) electrons. The van der Waals surface area contributed by atoms with Gasteiger partial charge in [0.05, 0.1) is 26.6 Å². The summed E-state index contributed by atoms with van der Waals surface area (Å²) in [5.41, 5.74) is 2.68. The molecule has 2 rings (SSSR count). The van der Waals surface area contributed by atoms with Gasteiger partial charge in [0, 0.05) is 12.0 Å². The van der Waals surface area contributed by atoms with Gasteiger partial charge in [-0.2, -0.15) is 0 Å². The molecule has 1 atom stereocenters. The summed E-state index contributed by atoms with van der Waals surface area (Å²) in [5.74, 6) is 0.578. The van der Waals surface area contributed by atoms with Crippen LogP contribution in [0.1, 0.15) is 95.6 Å². The Kier molecular flexibility index (Phi) is 15.8. The fraction of sp³-hybridized carbons (Fsp3) is 0.618. The summed E-state index contributed by atoms with van der Waals surface area (Å²) in [6.07, 6.45) is 15.6. The Bertz CT molecular complexity index is 863. The Morgan fingerprint density at radius 1 is 0.763 bits per heavy atom. The maximum absolute atomic E-state index is 12.4. The van der Waals surface area contributed by atoms with Crippen molar-refractivity contribution >= 4 is 5.97 Å². The Morgan fingerprint density at radius 3 is 2.00 bits per heavy atom. The predicted octanol–water partition coefficient (Wildman–Crippen LogP) is 8.37. The molecule has 0 saturated heterocycles. The van der Waals surface area contributed by atoms with Gasteiger partial charge in [0.2, 0.25) is 0 Å². The van der Waals surface area contributed by atoms with E-state index in [9.17, 15) is 4.79 Å². The Hall–Kier alpha value is -2.33. The zero-order valence-electron chi connectivity index (χ0n) is 24.8. The van der Waals surface area contributed by atoms with Crippen LogP contribution in [-0.4, -0.2) is 44.3 Å². The van der Waals surface area contributed by atoms with Crippen molar-refractivity contribution in [1.29, 1.82) is 0 Å². The molecule has 1 unspecified atom stereocenters. The maximum Gasteiger partial charge on any atom is 0.308 e. The largest absolute Gasteiger partial charge is 0.490 e. The van der Waals surface area contributed by atoms with Gasteiger partial charge < -0.3 is 14.0 Å². The number of hydrogen-bond acceptors (Lipinski definition) is 3. The first kappa shape index (κ1) is 31.9. The van der Waals surface area contributed by atoms with Crippen LogP contribution in [0.25, 0.3) is 0 Å². The first-order valence-electron chi connectivity index (χ1n) is 15.1. The molecule has 0 aromatic heterocycles. The van der Waals surface area contributed by atoms with Gasteiger partial charge in [-0.3, -0.25) is 4.79 Å². The number of hydrogen-bond donors (Lipinski definition) is 0. The lowest BCUT2D eigenvalue weighted by atomic mass is 10.0. The molecule has 4 nitrogen and oxygen atoms in total. The van der Waals surface area contributed by atoms with Crippen LogP contribution in [0.4, 0.5) is 0 Å². The lowest BCUT2D eigenvalue weighted by Gasteiger charge is -2.30. The van der Waals surface area contributed by atoms with E-state index >= 15 is 0 Å². The first-order valence-corrected chi connectivity index (χ1v) is 15.1. The highest BCUT2D eigenvalue weighted by molar-refractivity contribution is 5.71. The van der Waals surface area contributed by atoms with Gasteiger partial charge in [0.25, 0.3) is 0 Å². The van der Waals surface area contributed by atoms with E-state index in [2.05, 4.69) is 57.4 Å².